The monoisotopic (exact) mass is 355 g/mol. The van der Waals surface area contributed by atoms with E-state index in [1.54, 1.807) is 18.5 Å². The van der Waals surface area contributed by atoms with E-state index < -0.39 is 0 Å². The molecule has 2 aromatic rings. The largest absolute Gasteiger partial charge is 0.352 e. The summed E-state index contributed by atoms with van der Waals surface area (Å²) in [7, 11) is 0. The molecule has 0 spiro atoms. The molecule has 0 saturated carbocycles. The first-order chi connectivity index (χ1) is 12.5. The SMILES string of the molecule is CC(N)CCC(=O)NCc1cccc(NC(=O)NCc2ccncc2)c1. The molecule has 2 rings (SSSR count). The van der Waals surface area contributed by atoms with Gasteiger partial charge in [0.2, 0.25) is 5.91 Å². The maximum Gasteiger partial charge on any atom is 0.319 e. The first-order valence-corrected chi connectivity index (χ1v) is 8.58. The molecular formula is C19H25N5O2. The summed E-state index contributed by atoms with van der Waals surface area (Å²) < 4.78 is 0. The summed E-state index contributed by atoms with van der Waals surface area (Å²) in [6.07, 6.45) is 4.43. The van der Waals surface area contributed by atoms with Crippen molar-refractivity contribution in [2.24, 2.45) is 5.73 Å². The number of hydrogen-bond donors (Lipinski definition) is 4. The molecule has 26 heavy (non-hydrogen) atoms. The predicted molar refractivity (Wildman–Crippen MR) is 101 cm³/mol. The van der Waals surface area contributed by atoms with Crippen LogP contribution in [0.25, 0.3) is 0 Å². The molecule has 1 atom stereocenters. The molecule has 1 aromatic heterocycles. The van der Waals surface area contributed by atoms with Crippen LogP contribution >= 0.6 is 0 Å². The van der Waals surface area contributed by atoms with Crippen LogP contribution in [0.4, 0.5) is 10.5 Å². The van der Waals surface area contributed by atoms with E-state index in [2.05, 4.69) is 20.9 Å². The highest BCUT2D eigenvalue weighted by atomic mass is 16.2. The molecule has 138 valence electrons. The van der Waals surface area contributed by atoms with Crippen LogP contribution in [-0.4, -0.2) is 23.0 Å². The molecule has 1 unspecified atom stereocenters. The Bertz CT molecular complexity index is 719. The molecule has 0 bridgehead atoms. The summed E-state index contributed by atoms with van der Waals surface area (Å²) in [5, 5.41) is 8.42. The van der Waals surface area contributed by atoms with Crippen molar-refractivity contribution in [3.8, 4) is 0 Å². The van der Waals surface area contributed by atoms with Gasteiger partial charge in [-0.15, -0.1) is 0 Å². The number of benzene rings is 1. The highest BCUT2D eigenvalue weighted by Crippen LogP contribution is 2.10. The fraction of sp³-hybridized carbons (Fsp3) is 0.316. The van der Waals surface area contributed by atoms with Gasteiger partial charge < -0.3 is 21.7 Å². The van der Waals surface area contributed by atoms with Gasteiger partial charge in [-0.3, -0.25) is 9.78 Å². The summed E-state index contributed by atoms with van der Waals surface area (Å²) in [5.41, 5.74) is 8.19. The lowest BCUT2D eigenvalue weighted by molar-refractivity contribution is -0.121. The zero-order chi connectivity index (χ0) is 18.8. The van der Waals surface area contributed by atoms with Crippen LogP contribution < -0.4 is 21.7 Å². The van der Waals surface area contributed by atoms with Crippen LogP contribution in [0.15, 0.2) is 48.8 Å². The fourth-order valence-corrected chi connectivity index (χ4v) is 2.27. The number of nitrogens with one attached hydrogen (secondary N) is 3. The second-order valence-electron chi connectivity index (χ2n) is 6.16. The van der Waals surface area contributed by atoms with Crippen LogP contribution in [0.1, 0.15) is 30.9 Å². The zero-order valence-corrected chi connectivity index (χ0v) is 14.9. The second-order valence-corrected chi connectivity index (χ2v) is 6.16. The first-order valence-electron chi connectivity index (χ1n) is 8.58. The van der Waals surface area contributed by atoms with E-state index in [4.69, 9.17) is 5.73 Å². The van der Waals surface area contributed by atoms with Crippen molar-refractivity contribution in [1.82, 2.24) is 15.6 Å². The van der Waals surface area contributed by atoms with Crippen molar-refractivity contribution in [3.05, 3.63) is 59.9 Å². The average molecular weight is 355 g/mol. The van der Waals surface area contributed by atoms with Gasteiger partial charge in [0.1, 0.15) is 0 Å². The predicted octanol–water partition coefficient (Wildman–Crippen LogP) is 2.15. The third kappa shape index (κ3) is 7.31. The van der Waals surface area contributed by atoms with Crippen molar-refractivity contribution in [2.75, 3.05) is 5.32 Å². The third-order valence-electron chi connectivity index (χ3n) is 3.70. The Labute approximate surface area is 153 Å². The van der Waals surface area contributed by atoms with Crippen molar-refractivity contribution >= 4 is 17.6 Å². The number of anilines is 1. The number of rotatable bonds is 8. The lowest BCUT2D eigenvalue weighted by atomic mass is 10.1. The molecule has 0 aliphatic heterocycles. The Morgan fingerprint density at radius 2 is 1.81 bits per heavy atom. The second kappa shape index (κ2) is 10.1. The number of aromatic nitrogens is 1. The van der Waals surface area contributed by atoms with Gasteiger partial charge in [-0.1, -0.05) is 12.1 Å². The van der Waals surface area contributed by atoms with E-state index in [-0.39, 0.29) is 18.0 Å². The van der Waals surface area contributed by atoms with Gasteiger partial charge in [-0.05, 0) is 48.7 Å². The van der Waals surface area contributed by atoms with E-state index in [9.17, 15) is 9.59 Å². The molecule has 0 fully saturated rings. The minimum Gasteiger partial charge on any atom is -0.352 e. The number of carbonyl (C=O) groups is 2. The van der Waals surface area contributed by atoms with E-state index in [0.29, 0.717) is 31.6 Å². The Balaban J connectivity index is 1.78. The Hall–Kier alpha value is -2.93. The molecule has 1 aromatic carbocycles. The standard InChI is InChI=1S/C19H25N5O2/c1-14(20)5-6-18(25)22-13-16-3-2-4-17(11-16)24-19(26)23-12-15-7-9-21-10-8-15/h2-4,7-11,14H,5-6,12-13,20H2,1H3,(H,22,25)(H2,23,24,26). The first kappa shape index (κ1) is 19.4. The molecule has 3 amide bonds. The molecule has 7 heteroatoms. The quantitative estimate of drug-likeness (QED) is 0.581. The molecule has 0 saturated heterocycles. The van der Waals surface area contributed by atoms with E-state index >= 15 is 0 Å². The summed E-state index contributed by atoms with van der Waals surface area (Å²) in [6, 6.07) is 10.8. The van der Waals surface area contributed by atoms with Crippen LogP contribution in [0.5, 0.6) is 0 Å². The molecule has 0 aliphatic rings. The van der Waals surface area contributed by atoms with Crippen LogP contribution in [0, 0.1) is 0 Å². The maximum atomic E-state index is 12.0. The topological polar surface area (TPSA) is 109 Å². The average Bonchev–Trinajstić information content (AvgIpc) is 2.64. The normalized spacial score (nSPS) is 11.5. The number of urea groups is 1. The van der Waals surface area contributed by atoms with Gasteiger partial charge in [0.15, 0.2) is 0 Å². The Kier molecular flexibility index (Phi) is 7.57. The van der Waals surface area contributed by atoms with Crippen molar-refractivity contribution in [1.29, 1.82) is 0 Å². The number of nitrogens with two attached hydrogens (primary N) is 1. The number of pyridine rings is 1. The summed E-state index contributed by atoms with van der Waals surface area (Å²) in [5.74, 6) is -0.0317. The van der Waals surface area contributed by atoms with E-state index in [0.717, 1.165) is 11.1 Å². The molecule has 5 N–H and O–H groups in total. The number of amides is 3. The van der Waals surface area contributed by atoms with Crippen LogP contribution in [-0.2, 0) is 17.9 Å². The molecule has 0 aliphatic carbocycles. The van der Waals surface area contributed by atoms with E-state index in [1.807, 2.05) is 37.3 Å². The lowest BCUT2D eigenvalue weighted by Crippen LogP contribution is -2.28. The Morgan fingerprint density at radius 1 is 1.08 bits per heavy atom. The summed E-state index contributed by atoms with van der Waals surface area (Å²) in [4.78, 5) is 27.7. The molecule has 7 nitrogen and oxygen atoms in total. The molecule has 1 heterocycles. The van der Waals surface area contributed by atoms with Crippen molar-refractivity contribution < 1.29 is 9.59 Å². The lowest BCUT2D eigenvalue weighted by Gasteiger charge is -2.10. The van der Waals surface area contributed by atoms with Gasteiger partial charge in [-0.25, -0.2) is 4.79 Å². The van der Waals surface area contributed by atoms with Gasteiger partial charge in [0.25, 0.3) is 0 Å². The summed E-state index contributed by atoms with van der Waals surface area (Å²) in [6.45, 7) is 2.71. The van der Waals surface area contributed by atoms with E-state index in [1.165, 1.54) is 0 Å². The van der Waals surface area contributed by atoms with Crippen LogP contribution in [0.3, 0.4) is 0 Å². The zero-order valence-electron chi connectivity index (χ0n) is 14.9. The maximum absolute atomic E-state index is 12.0. The van der Waals surface area contributed by atoms with Crippen molar-refractivity contribution in [2.45, 2.75) is 38.9 Å². The third-order valence-corrected chi connectivity index (χ3v) is 3.70. The van der Waals surface area contributed by atoms with Gasteiger partial charge in [-0.2, -0.15) is 0 Å². The highest BCUT2D eigenvalue weighted by molar-refractivity contribution is 5.89. The number of hydrogen-bond acceptors (Lipinski definition) is 4. The number of nitrogens with zero attached hydrogens (tertiary/aromatic N) is 1. The molecular weight excluding hydrogens is 330 g/mol. The molecule has 0 radical (unpaired) electrons. The highest BCUT2D eigenvalue weighted by Gasteiger charge is 2.05. The Morgan fingerprint density at radius 3 is 2.54 bits per heavy atom. The fourth-order valence-electron chi connectivity index (χ4n) is 2.27. The summed E-state index contributed by atoms with van der Waals surface area (Å²) >= 11 is 0. The van der Waals surface area contributed by atoms with Gasteiger partial charge in [0.05, 0.1) is 0 Å². The van der Waals surface area contributed by atoms with Crippen LogP contribution in [0.2, 0.25) is 0 Å². The smallest absolute Gasteiger partial charge is 0.319 e. The minimum absolute atomic E-state index is 0.0129. The van der Waals surface area contributed by atoms with Gasteiger partial charge >= 0.3 is 6.03 Å². The van der Waals surface area contributed by atoms with Gasteiger partial charge in [0, 0.05) is 43.6 Å². The minimum atomic E-state index is -0.292. The number of carbonyl (C=O) groups excluding carboxylic acids is 2. The van der Waals surface area contributed by atoms with Crippen molar-refractivity contribution in [3.63, 3.8) is 0 Å².